The maximum Gasteiger partial charge on any atom is 0.0793 e. The minimum Gasteiger partial charge on any atom is -0.388 e. The summed E-state index contributed by atoms with van der Waals surface area (Å²) in [6.45, 7) is 2.30. The van der Waals surface area contributed by atoms with Crippen LogP contribution in [0.15, 0.2) is 24.3 Å². The average molecular weight is 238 g/mol. The second-order valence-electron chi connectivity index (χ2n) is 5.87. The molecule has 0 saturated carbocycles. The molecule has 0 radical (unpaired) electrons. The van der Waals surface area contributed by atoms with Gasteiger partial charge in [0.25, 0.3) is 0 Å². The molecule has 1 N–H and O–H groups in total. The van der Waals surface area contributed by atoms with Crippen molar-refractivity contribution < 1.29 is 5.11 Å². The SMILES string of the molecule is CC1CC[C@@H](O)c2cc3c4c(cccc4c21)CC3. The molecular formula is C17H18O. The third-order valence-electron chi connectivity index (χ3n) is 4.79. The Morgan fingerprint density at radius 3 is 2.83 bits per heavy atom. The molecule has 1 heteroatoms. The Balaban J connectivity index is 2.15. The van der Waals surface area contributed by atoms with Gasteiger partial charge >= 0.3 is 0 Å². The molecule has 2 aromatic carbocycles. The molecule has 0 heterocycles. The van der Waals surface area contributed by atoms with Crippen LogP contribution in [0.1, 0.15) is 54.0 Å². The van der Waals surface area contributed by atoms with Gasteiger partial charge in [0.05, 0.1) is 6.10 Å². The van der Waals surface area contributed by atoms with Crippen LogP contribution >= 0.6 is 0 Å². The summed E-state index contributed by atoms with van der Waals surface area (Å²) in [5, 5.41) is 13.2. The zero-order chi connectivity index (χ0) is 12.3. The van der Waals surface area contributed by atoms with Crippen molar-refractivity contribution in [1.29, 1.82) is 0 Å². The van der Waals surface area contributed by atoms with Crippen LogP contribution in [0, 0.1) is 0 Å². The lowest BCUT2D eigenvalue weighted by Crippen LogP contribution is -2.13. The molecule has 0 fully saturated rings. The first-order valence-electron chi connectivity index (χ1n) is 7.01. The quantitative estimate of drug-likeness (QED) is 0.738. The zero-order valence-electron chi connectivity index (χ0n) is 10.7. The van der Waals surface area contributed by atoms with Gasteiger partial charge in [0.1, 0.15) is 0 Å². The van der Waals surface area contributed by atoms with Gasteiger partial charge in [-0.25, -0.2) is 0 Å². The van der Waals surface area contributed by atoms with Crippen molar-refractivity contribution in [1.82, 2.24) is 0 Å². The van der Waals surface area contributed by atoms with E-state index in [-0.39, 0.29) is 6.10 Å². The topological polar surface area (TPSA) is 20.2 Å². The Hall–Kier alpha value is -1.34. The number of hydrogen-bond donors (Lipinski definition) is 1. The standard InChI is InChI=1S/C17H18O/c1-10-5-8-15(18)14-9-12-7-6-11-3-2-4-13(16(10)14)17(11)12/h2-4,9-10,15,18H,5-8H2,1H3/t10?,15-/m1/s1. The number of fused-ring (bicyclic) bond motifs is 2. The van der Waals surface area contributed by atoms with Gasteiger partial charge < -0.3 is 5.11 Å². The van der Waals surface area contributed by atoms with Crippen molar-refractivity contribution in [2.75, 3.05) is 0 Å². The third kappa shape index (κ3) is 1.26. The normalized spacial score (nSPS) is 25.4. The first-order valence-corrected chi connectivity index (χ1v) is 7.01. The molecule has 2 aliphatic rings. The Bertz CT molecular complexity index is 642. The van der Waals surface area contributed by atoms with Crippen LogP contribution in [-0.4, -0.2) is 5.11 Å². The van der Waals surface area contributed by atoms with E-state index in [2.05, 4.69) is 31.2 Å². The van der Waals surface area contributed by atoms with Crippen molar-refractivity contribution in [2.24, 2.45) is 0 Å². The van der Waals surface area contributed by atoms with E-state index in [0.717, 1.165) is 19.3 Å². The van der Waals surface area contributed by atoms with Gasteiger partial charge in [0, 0.05) is 0 Å². The molecule has 0 spiro atoms. The molecule has 2 aliphatic carbocycles. The first-order chi connectivity index (χ1) is 8.75. The number of aryl methyl sites for hydroxylation is 2. The molecule has 2 aromatic rings. The van der Waals surface area contributed by atoms with Crippen LogP contribution in [0.2, 0.25) is 0 Å². The van der Waals surface area contributed by atoms with E-state index in [1.807, 2.05) is 0 Å². The smallest absolute Gasteiger partial charge is 0.0793 e. The lowest BCUT2D eigenvalue weighted by Gasteiger charge is -2.28. The molecule has 2 atom stereocenters. The van der Waals surface area contributed by atoms with E-state index in [0.29, 0.717) is 5.92 Å². The Labute approximate surface area is 107 Å². The summed E-state index contributed by atoms with van der Waals surface area (Å²) in [7, 11) is 0. The van der Waals surface area contributed by atoms with Crippen molar-refractivity contribution in [3.63, 3.8) is 0 Å². The first kappa shape index (κ1) is 10.6. The Morgan fingerprint density at radius 2 is 1.94 bits per heavy atom. The van der Waals surface area contributed by atoms with E-state index < -0.39 is 0 Å². The summed E-state index contributed by atoms with van der Waals surface area (Å²) < 4.78 is 0. The molecule has 0 aromatic heterocycles. The van der Waals surface area contributed by atoms with Gasteiger partial charge in [-0.15, -0.1) is 0 Å². The van der Waals surface area contributed by atoms with Crippen LogP contribution in [0.4, 0.5) is 0 Å². The fourth-order valence-corrected chi connectivity index (χ4v) is 3.91. The maximum atomic E-state index is 10.3. The van der Waals surface area contributed by atoms with Crippen molar-refractivity contribution >= 4 is 10.8 Å². The van der Waals surface area contributed by atoms with Gasteiger partial charge in [-0.3, -0.25) is 0 Å². The molecule has 1 unspecified atom stereocenters. The van der Waals surface area contributed by atoms with Crippen molar-refractivity contribution in [3.8, 4) is 0 Å². The van der Waals surface area contributed by atoms with Crippen molar-refractivity contribution in [3.05, 3.63) is 46.5 Å². The maximum absolute atomic E-state index is 10.3. The molecule has 92 valence electrons. The number of rotatable bonds is 0. The largest absolute Gasteiger partial charge is 0.388 e. The highest BCUT2D eigenvalue weighted by Crippen LogP contribution is 2.44. The van der Waals surface area contributed by atoms with Gasteiger partial charge in [0.15, 0.2) is 0 Å². The summed E-state index contributed by atoms with van der Waals surface area (Å²) in [5.74, 6) is 0.577. The second kappa shape index (κ2) is 3.58. The van der Waals surface area contributed by atoms with Crippen LogP contribution < -0.4 is 0 Å². The number of aliphatic hydroxyl groups excluding tert-OH is 1. The second-order valence-corrected chi connectivity index (χ2v) is 5.87. The number of aliphatic hydroxyl groups is 1. The summed E-state index contributed by atoms with van der Waals surface area (Å²) in [6, 6.07) is 8.98. The monoisotopic (exact) mass is 238 g/mol. The Kier molecular flexibility index (Phi) is 2.10. The summed E-state index contributed by atoms with van der Waals surface area (Å²) in [5.41, 5.74) is 5.57. The van der Waals surface area contributed by atoms with Gasteiger partial charge in [-0.2, -0.15) is 0 Å². The summed E-state index contributed by atoms with van der Waals surface area (Å²) in [6.07, 6.45) is 4.08. The van der Waals surface area contributed by atoms with Crippen LogP contribution in [0.3, 0.4) is 0 Å². The van der Waals surface area contributed by atoms with E-state index in [9.17, 15) is 5.11 Å². The molecule has 0 amide bonds. The summed E-state index contributed by atoms with van der Waals surface area (Å²) in [4.78, 5) is 0. The molecule has 0 saturated heterocycles. The van der Waals surface area contributed by atoms with Gasteiger partial charge in [-0.1, -0.05) is 31.2 Å². The highest BCUT2D eigenvalue weighted by atomic mass is 16.3. The summed E-state index contributed by atoms with van der Waals surface area (Å²) >= 11 is 0. The highest BCUT2D eigenvalue weighted by molar-refractivity contribution is 5.94. The minimum atomic E-state index is -0.249. The molecule has 4 rings (SSSR count). The highest BCUT2D eigenvalue weighted by Gasteiger charge is 2.28. The third-order valence-corrected chi connectivity index (χ3v) is 4.79. The fourth-order valence-electron chi connectivity index (χ4n) is 3.91. The molecule has 0 bridgehead atoms. The lowest BCUT2D eigenvalue weighted by atomic mass is 9.78. The number of hydrogen-bond acceptors (Lipinski definition) is 1. The molecule has 1 nitrogen and oxygen atoms in total. The van der Waals surface area contributed by atoms with E-state index in [4.69, 9.17) is 0 Å². The van der Waals surface area contributed by atoms with Gasteiger partial charge in [0.2, 0.25) is 0 Å². The van der Waals surface area contributed by atoms with E-state index in [1.54, 1.807) is 0 Å². The molecule has 0 aliphatic heterocycles. The van der Waals surface area contributed by atoms with Crippen LogP contribution in [0.25, 0.3) is 10.8 Å². The molecule has 18 heavy (non-hydrogen) atoms. The van der Waals surface area contributed by atoms with Crippen molar-refractivity contribution in [2.45, 2.75) is 44.6 Å². The zero-order valence-corrected chi connectivity index (χ0v) is 10.7. The fraction of sp³-hybridized carbons (Fsp3) is 0.412. The van der Waals surface area contributed by atoms with E-state index >= 15 is 0 Å². The van der Waals surface area contributed by atoms with Crippen LogP contribution in [0.5, 0.6) is 0 Å². The predicted molar refractivity (Wildman–Crippen MR) is 74.0 cm³/mol. The molecular weight excluding hydrogens is 220 g/mol. The lowest BCUT2D eigenvalue weighted by molar-refractivity contribution is 0.152. The predicted octanol–water partition coefficient (Wildman–Crippen LogP) is 3.87. The number of benzene rings is 2. The Morgan fingerprint density at radius 1 is 1.11 bits per heavy atom. The van der Waals surface area contributed by atoms with Crippen LogP contribution in [-0.2, 0) is 12.8 Å². The van der Waals surface area contributed by atoms with Gasteiger partial charge in [-0.05, 0) is 64.6 Å². The van der Waals surface area contributed by atoms with E-state index in [1.165, 1.54) is 39.4 Å². The minimum absolute atomic E-state index is 0.249. The average Bonchev–Trinajstić information content (AvgIpc) is 2.79.